The maximum absolute atomic E-state index is 11.5. The van der Waals surface area contributed by atoms with E-state index in [0.29, 0.717) is 6.04 Å². The van der Waals surface area contributed by atoms with Gasteiger partial charge in [0.25, 0.3) is 0 Å². The van der Waals surface area contributed by atoms with Crippen molar-refractivity contribution in [3.05, 3.63) is 0 Å². The molecular formula is C12H23NO2S. The molecule has 1 saturated carbocycles. The normalized spacial score (nSPS) is 26.2. The molecule has 0 aromatic heterocycles. The van der Waals surface area contributed by atoms with Crippen LogP contribution < -0.4 is 5.32 Å². The molecule has 0 unspecified atom stereocenters. The first-order valence-electron chi connectivity index (χ1n) is 5.93. The van der Waals surface area contributed by atoms with Crippen LogP contribution in [0, 0.1) is 0 Å². The van der Waals surface area contributed by atoms with Crippen molar-refractivity contribution < 1.29 is 9.53 Å². The average molecular weight is 245 g/mol. The van der Waals surface area contributed by atoms with Crippen molar-refractivity contribution in [1.82, 2.24) is 5.32 Å². The third kappa shape index (κ3) is 5.10. The van der Waals surface area contributed by atoms with Gasteiger partial charge in [-0.2, -0.15) is 11.8 Å². The lowest BCUT2D eigenvalue weighted by Crippen LogP contribution is -2.41. The van der Waals surface area contributed by atoms with Crippen molar-refractivity contribution in [2.75, 3.05) is 6.26 Å². The van der Waals surface area contributed by atoms with Crippen molar-refractivity contribution in [3.8, 4) is 0 Å². The molecular weight excluding hydrogens is 222 g/mol. The maximum Gasteiger partial charge on any atom is 0.407 e. The van der Waals surface area contributed by atoms with Gasteiger partial charge in [0.2, 0.25) is 0 Å². The van der Waals surface area contributed by atoms with Gasteiger partial charge < -0.3 is 10.1 Å². The number of amides is 1. The average Bonchev–Trinajstić information content (AvgIpc) is 2.16. The number of thioether (sulfide) groups is 1. The molecule has 1 aliphatic carbocycles. The van der Waals surface area contributed by atoms with E-state index in [1.165, 1.54) is 12.8 Å². The highest BCUT2D eigenvalue weighted by Gasteiger charge is 2.24. The van der Waals surface area contributed by atoms with E-state index in [-0.39, 0.29) is 6.09 Å². The molecule has 1 rings (SSSR count). The summed E-state index contributed by atoms with van der Waals surface area (Å²) in [5.41, 5.74) is -0.402. The SMILES string of the molecule is CS[C@H]1CC[C@@H](NC(=O)OC(C)(C)C)CC1. The molecule has 0 aromatic rings. The van der Waals surface area contributed by atoms with E-state index in [4.69, 9.17) is 4.74 Å². The van der Waals surface area contributed by atoms with Crippen LogP contribution in [0.4, 0.5) is 4.79 Å². The second-order valence-corrected chi connectivity index (χ2v) is 6.49. The van der Waals surface area contributed by atoms with Gasteiger partial charge >= 0.3 is 6.09 Å². The summed E-state index contributed by atoms with van der Waals surface area (Å²) in [6.07, 6.45) is 6.42. The fourth-order valence-corrected chi connectivity index (χ4v) is 2.66. The number of ether oxygens (including phenoxy) is 1. The fraction of sp³-hybridized carbons (Fsp3) is 0.917. The zero-order valence-electron chi connectivity index (χ0n) is 10.7. The molecule has 0 heterocycles. The van der Waals surface area contributed by atoms with Gasteiger partial charge in [-0.1, -0.05) is 0 Å². The third-order valence-electron chi connectivity index (χ3n) is 2.73. The highest BCUT2D eigenvalue weighted by atomic mass is 32.2. The topological polar surface area (TPSA) is 38.3 Å². The van der Waals surface area contributed by atoms with Gasteiger partial charge in [0.15, 0.2) is 0 Å². The zero-order chi connectivity index (χ0) is 12.2. The molecule has 0 radical (unpaired) electrons. The molecule has 1 N–H and O–H groups in total. The predicted octanol–water partition coefficient (Wildman–Crippen LogP) is 3.19. The molecule has 1 aliphatic rings. The molecule has 4 heteroatoms. The van der Waals surface area contributed by atoms with Gasteiger partial charge in [0, 0.05) is 11.3 Å². The van der Waals surface area contributed by atoms with E-state index in [1.807, 2.05) is 32.5 Å². The first-order valence-corrected chi connectivity index (χ1v) is 7.22. The standard InChI is InChI=1S/C12H23NO2S/c1-12(2,3)15-11(14)13-9-5-7-10(16-4)8-6-9/h9-10H,5-8H2,1-4H3,(H,13,14)/t9-,10+. The number of carbonyl (C=O) groups is 1. The smallest absolute Gasteiger partial charge is 0.407 e. The molecule has 0 atom stereocenters. The Bertz CT molecular complexity index is 230. The Morgan fingerprint density at radius 2 is 1.81 bits per heavy atom. The Morgan fingerprint density at radius 3 is 2.25 bits per heavy atom. The van der Waals surface area contributed by atoms with Crippen LogP contribution in [0.25, 0.3) is 0 Å². The van der Waals surface area contributed by atoms with E-state index in [2.05, 4.69) is 11.6 Å². The van der Waals surface area contributed by atoms with Gasteiger partial charge in [-0.25, -0.2) is 4.79 Å². The summed E-state index contributed by atoms with van der Waals surface area (Å²) in [4.78, 5) is 11.5. The number of hydrogen-bond acceptors (Lipinski definition) is 3. The number of rotatable bonds is 2. The molecule has 0 spiro atoms. The number of alkyl carbamates (subject to hydrolysis) is 1. The van der Waals surface area contributed by atoms with Crippen molar-refractivity contribution in [2.45, 2.75) is 63.3 Å². The molecule has 3 nitrogen and oxygen atoms in total. The van der Waals surface area contributed by atoms with Gasteiger partial charge in [0.05, 0.1) is 0 Å². The van der Waals surface area contributed by atoms with Gasteiger partial charge in [-0.05, 0) is 52.7 Å². The lowest BCUT2D eigenvalue weighted by Gasteiger charge is -2.29. The van der Waals surface area contributed by atoms with Crippen LogP contribution in [-0.4, -0.2) is 29.2 Å². The van der Waals surface area contributed by atoms with Crippen molar-refractivity contribution >= 4 is 17.9 Å². The molecule has 0 aliphatic heterocycles. The second-order valence-electron chi connectivity index (χ2n) is 5.36. The lowest BCUT2D eigenvalue weighted by atomic mass is 9.95. The van der Waals surface area contributed by atoms with Crippen molar-refractivity contribution in [3.63, 3.8) is 0 Å². The van der Waals surface area contributed by atoms with Crippen LogP contribution in [0.15, 0.2) is 0 Å². The monoisotopic (exact) mass is 245 g/mol. The quantitative estimate of drug-likeness (QED) is 0.812. The zero-order valence-corrected chi connectivity index (χ0v) is 11.5. The molecule has 1 amide bonds. The Balaban J connectivity index is 2.26. The van der Waals surface area contributed by atoms with Crippen molar-refractivity contribution in [2.24, 2.45) is 0 Å². The number of nitrogens with one attached hydrogen (secondary N) is 1. The number of carbonyl (C=O) groups excluding carboxylic acids is 1. The highest BCUT2D eigenvalue weighted by molar-refractivity contribution is 7.99. The summed E-state index contributed by atoms with van der Waals surface area (Å²) in [6, 6.07) is 0.304. The summed E-state index contributed by atoms with van der Waals surface area (Å²) in [6.45, 7) is 5.66. The summed E-state index contributed by atoms with van der Waals surface area (Å²) < 4.78 is 5.24. The van der Waals surface area contributed by atoms with Crippen LogP contribution >= 0.6 is 11.8 Å². The van der Waals surface area contributed by atoms with E-state index in [9.17, 15) is 4.79 Å². The maximum atomic E-state index is 11.5. The first-order chi connectivity index (χ1) is 7.40. The lowest BCUT2D eigenvalue weighted by molar-refractivity contribution is 0.0494. The minimum Gasteiger partial charge on any atom is -0.444 e. The summed E-state index contributed by atoms with van der Waals surface area (Å²) in [7, 11) is 0. The van der Waals surface area contributed by atoms with E-state index < -0.39 is 5.60 Å². The molecule has 16 heavy (non-hydrogen) atoms. The summed E-state index contributed by atoms with van der Waals surface area (Å²) in [5, 5.41) is 3.72. The Labute approximate surface area is 103 Å². The summed E-state index contributed by atoms with van der Waals surface area (Å²) >= 11 is 1.93. The van der Waals surface area contributed by atoms with Gasteiger partial charge in [0.1, 0.15) is 5.60 Å². The Morgan fingerprint density at radius 1 is 1.25 bits per heavy atom. The first kappa shape index (κ1) is 13.7. The van der Waals surface area contributed by atoms with E-state index in [0.717, 1.165) is 18.1 Å². The van der Waals surface area contributed by atoms with Crippen LogP contribution in [0.3, 0.4) is 0 Å². The van der Waals surface area contributed by atoms with Crippen LogP contribution in [0.2, 0.25) is 0 Å². The molecule has 0 bridgehead atoms. The highest BCUT2D eigenvalue weighted by Crippen LogP contribution is 2.26. The minimum absolute atomic E-state index is 0.278. The molecule has 0 saturated heterocycles. The van der Waals surface area contributed by atoms with Crippen LogP contribution in [0.5, 0.6) is 0 Å². The Hall–Kier alpha value is -0.380. The van der Waals surface area contributed by atoms with E-state index in [1.54, 1.807) is 0 Å². The fourth-order valence-electron chi connectivity index (χ4n) is 1.92. The van der Waals surface area contributed by atoms with E-state index >= 15 is 0 Å². The largest absolute Gasteiger partial charge is 0.444 e. The molecule has 94 valence electrons. The third-order valence-corrected chi connectivity index (χ3v) is 3.87. The van der Waals surface area contributed by atoms with Gasteiger partial charge in [-0.3, -0.25) is 0 Å². The molecule has 0 aromatic carbocycles. The van der Waals surface area contributed by atoms with Gasteiger partial charge in [-0.15, -0.1) is 0 Å². The Kier molecular flexibility index (Phi) is 4.96. The van der Waals surface area contributed by atoms with Crippen LogP contribution in [0.1, 0.15) is 46.5 Å². The van der Waals surface area contributed by atoms with Crippen LogP contribution in [-0.2, 0) is 4.74 Å². The minimum atomic E-state index is -0.402. The summed E-state index contributed by atoms with van der Waals surface area (Å²) in [5.74, 6) is 0. The second kappa shape index (κ2) is 5.80. The van der Waals surface area contributed by atoms with Crippen molar-refractivity contribution in [1.29, 1.82) is 0 Å². The predicted molar refractivity (Wildman–Crippen MR) is 68.9 cm³/mol. The number of hydrogen-bond donors (Lipinski definition) is 1. The molecule has 1 fully saturated rings.